The largest absolute Gasteiger partial charge is 0.494 e. The fraction of sp³-hybridized carbons (Fsp3) is 0.562. The molecule has 1 aliphatic rings. The van der Waals surface area contributed by atoms with Gasteiger partial charge in [-0.1, -0.05) is 12.2 Å². The van der Waals surface area contributed by atoms with E-state index in [1.165, 1.54) is 0 Å². The number of hydrogen-bond donors (Lipinski definition) is 1. The normalized spacial score (nSPS) is 23.0. The van der Waals surface area contributed by atoms with Crippen molar-refractivity contribution in [3.8, 4) is 5.75 Å². The number of rotatable bonds is 6. The lowest BCUT2D eigenvalue weighted by Crippen LogP contribution is -2.47. The zero-order chi connectivity index (χ0) is 15.2. The second-order valence-corrected chi connectivity index (χ2v) is 6.02. The molecule has 1 aliphatic heterocycles. The van der Waals surface area contributed by atoms with Gasteiger partial charge in [0.2, 0.25) is 0 Å². The van der Waals surface area contributed by atoms with Gasteiger partial charge in [-0.3, -0.25) is 4.90 Å². The molecule has 2 N–H and O–H groups in total. The standard InChI is InChI=1S/C16H24N2O2S/c1-12-11-20-13(2)10-18(12)8-3-9-19-15-6-4-14(5-7-15)16(17)21/h4-7,12-13H,3,8-11H2,1-2H3,(H2,17,21). The van der Waals surface area contributed by atoms with Crippen molar-refractivity contribution in [3.05, 3.63) is 29.8 Å². The number of morpholine rings is 1. The molecule has 1 fully saturated rings. The van der Waals surface area contributed by atoms with Crippen molar-refractivity contribution in [2.24, 2.45) is 5.73 Å². The van der Waals surface area contributed by atoms with Gasteiger partial charge in [0.1, 0.15) is 10.7 Å². The summed E-state index contributed by atoms with van der Waals surface area (Å²) in [5, 5.41) is 0. The fourth-order valence-corrected chi connectivity index (χ4v) is 2.59. The quantitative estimate of drug-likeness (QED) is 0.645. The molecule has 1 saturated heterocycles. The van der Waals surface area contributed by atoms with Crippen LogP contribution < -0.4 is 10.5 Å². The number of thiocarbonyl (C=S) groups is 1. The van der Waals surface area contributed by atoms with Crippen LogP contribution in [0.1, 0.15) is 25.8 Å². The first-order valence-electron chi connectivity index (χ1n) is 7.44. The van der Waals surface area contributed by atoms with Crippen molar-refractivity contribution in [3.63, 3.8) is 0 Å². The van der Waals surface area contributed by atoms with Crippen molar-refractivity contribution in [1.82, 2.24) is 4.90 Å². The van der Waals surface area contributed by atoms with Crippen LogP contribution in [0, 0.1) is 0 Å². The van der Waals surface area contributed by atoms with Crippen molar-refractivity contribution in [1.29, 1.82) is 0 Å². The Morgan fingerprint density at radius 1 is 1.38 bits per heavy atom. The zero-order valence-electron chi connectivity index (χ0n) is 12.7. The molecule has 2 atom stereocenters. The lowest BCUT2D eigenvalue weighted by atomic mass is 10.2. The van der Waals surface area contributed by atoms with Crippen molar-refractivity contribution >= 4 is 17.2 Å². The average Bonchev–Trinajstić information content (AvgIpc) is 2.47. The first-order chi connectivity index (χ1) is 10.1. The molecular weight excluding hydrogens is 284 g/mol. The molecule has 0 amide bonds. The molecule has 0 aliphatic carbocycles. The van der Waals surface area contributed by atoms with E-state index in [2.05, 4.69) is 18.7 Å². The molecule has 2 rings (SSSR count). The SMILES string of the molecule is CC1CN(CCCOc2ccc(C(N)=S)cc2)C(C)CO1. The Bertz CT molecular complexity index is 464. The van der Waals surface area contributed by atoms with Gasteiger partial charge in [0.05, 0.1) is 19.3 Å². The van der Waals surface area contributed by atoms with Crippen LogP contribution in [0.4, 0.5) is 0 Å². The van der Waals surface area contributed by atoms with Crippen molar-refractivity contribution < 1.29 is 9.47 Å². The first-order valence-corrected chi connectivity index (χ1v) is 7.85. The molecule has 2 unspecified atom stereocenters. The van der Waals surface area contributed by atoms with Crippen LogP contribution in [-0.4, -0.2) is 48.3 Å². The zero-order valence-corrected chi connectivity index (χ0v) is 13.6. The summed E-state index contributed by atoms with van der Waals surface area (Å²) in [6.45, 7) is 7.91. The van der Waals surface area contributed by atoms with E-state index in [1.54, 1.807) is 0 Å². The highest BCUT2D eigenvalue weighted by molar-refractivity contribution is 7.80. The van der Waals surface area contributed by atoms with E-state index in [0.29, 0.717) is 23.7 Å². The number of hydrogen-bond acceptors (Lipinski definition) is 4. The minimum absolute atomic E-state index is 0.328. The highest BCUT2D eigenvalue weighted by Gasteiger charge is 2.22. The Morgan fingerprint density at radius 3 is 2.76 bits per heavy atom. The maximum absolute atomic E-state index is 5.75. The van der Waals surface area contributed by atoms with E-state index in [1.807, 2.05) is 24.3 Å². The van der Waals surface area contributed by atoms with E-state index in [0.717, 1.165) is 37.4 Å². The number of nitrogens with zero attached hydrogens (tertiary/aromatic N) is 1. The Labute approximate surface area is 132 Å². The molecular formula is C16H24N2O2S. The molecule has 116 valence electrons. The van der Waals surface area contributed by atoms with Crippen LogP contribution in [0.2, 0.25) is 0 Å². The molecule has 5 heteroatoms. The number of ether oxygens (including phenoxy) is 2. The minimum Gasteiger partial charge on any atom is -0.494 e. The van der Waals surface area contributed by atoms with Gasteiger partial charge >= 0.3 is 0 Å². The van der Waals surface area contributed by atoms with Crippen LogP contribution in [0.25, 0.3) is 0 Å². The summed E-state index contributed by atoms with van der Waals surface area (Å²) in [7, 11) is 0. The summed E-state index contributed by atoms with van der Waals surface area (Å²) in [5.74, 6) is 0.860. The lowest BCUT2D eigenvalue weighted by Gasteiger charge is -2.36. The van der Waals surface area contributed by atoms with Crippen LogP contribution in [0.15, 0.2) is 24.3 Å². The van der Waals surface area contributed by atoms with E-state index < -0.39 is 0 Å². The van der Waals surface area contributed by atoms with Gasteiger partial charge in [-0.25, -0.2) is 0 Å². The topological polar surface area (TPSA) is 47.7 Å². The molecule has 1 aromatic carbocycles. The molecule has 0 spiro atoms. The van der Waals surface area contributed by atoms with E-state index in [9.17, 15) is 0 Å². The van der Waals surface area contributed by atoms with Gasteiger partial charge in [-0.05, 0) is 44.5 Å². The first kappa shape index (κ1) is 16.2. The van der Waals surface area contributed by atoms with Gasteiger partial charge in [0, 0.05) is 24.7 Å². The van der Waals surface area contributed by atoms with Crippen LogP contribution in [0.5, 0.6) is 5.75 Å². The van der Waals surface area contributed by atoms with Crippen molar-refractivity contribution in [2.45, 2.75) is 32.4 Å². The maximum Gasteiger partial charge on any atom is 0.119 e. The van der Waals surface area contributed by atoms with E-state index in [4.69, 9.17) is 27.4 Å². The molecule has 1 heterocycles. The van der Waals surface area contributed by atoms with Gasteiger partial charge in [-0.15, -0.1) is 0 Å². The predicted molar refractivity (Wildman–Crippen MR) is 88.9 cm³/mol. The van der Waals surface area contributed by atoms with Crippen LogP contribution in [-0.2, 0) is 4.74 Å². The third-order valence-corrected chi connectivity index (χ3v) is 3.97. The summed E-state index contributed by atoms with van der Waals surface area (Å²) >= 11 is 4.93. The minimum atomic E-state index is 0.328. The van der Waals surface area contributed by atoms with Gasteiger partial charge in [0.15, 0.2) is 0 Å². The third kappa shape index (κ3) is 4.95. The molecule has 4 nitrogen and oxygen atoms in total. The molecule has 0 radical (unpaired) electrons. The second-order valence-electron chi connectivity index (χ2n) is 5.58. The highest BCUT2D eigenvalue weighted by atomic mass is 32.1. The Hall–Kier alpha value is -1.17. The summed E-state index contributed by atoms with van der Waals surface area (Å²) in [4.78, 5) is 2.88. The fourth-order valence-electron chi connectivity index (χ4n) is 2.46. The van der Waals surface area contributed by atoms with Crippen molar-refractivity contribution in [2.75, 3.05) is 26.3 Å². The predicted octanol–water partition coefficient (Wildman–Crippen LogP) is 2.20. The Kier molecular flexibility index (Phi) is 5.96. The third-order valence-electron chi connectivity index (χ3n) is 3.73. The average molecular weight is 308 g/mol. The van der Waals surface area contributed by atoms with Gasteiger partial charge < -0.3 is 15.2 Å². The molecule has 21 heavy (non-hydrogen) atoms. The summed E-state index contributed by atoms with van der Waals surface area (Å²) in [5.41, 5.74) is 6.44. The van der Waals surface area contributed by atoms with E-state index in [-0.39, 0.29) is 0 Å². The van der Waals surface area contributed by atoms with Gasteiger partial charge in [0.25, 0.3) is 0 Å². The summed E-state index contributed by atoms with van der Waals surface area (Å²) < 4.78 is 11.4. The molecule has 1 aromatic rings. The Morgan fingerprint density at radius 2 is 2.10 bits per heavy atom. The lowest BCUT2D eigenvalue weighted by molar-refractivity contribution is -0.0502. The molecule has 0 bridgehead atoms. The highest BCUT2D eigenvalue weighted by Crippen LogP contribution is 2.14. The number of benzene rings is 1. The second kappa shape index (κ2) is 7.73. The summed E-state index contributed by atoms with van der Waals surface area (Å²) in [6, 6.07) is 8.10. The smallest absolute Gasteiger partial charge is 0.119 e. The molecule has 0 saturated carbocycles. The Balaban J connectivity index is 1.70. The van der Waals surface area contributed by atoms with Crippen LogP contribution in [0.3, 0.4) is 0 Å². The monoisotopic (exact) mass is 308 g/mol. The van der Waals surface area contributed by atoms with Crippen LogP contribution >= 0.6 is 12.2 Å². The molecule has 0 aromatic heterocycles. The summed E-state index contributed by atoms with van der Waals surface area (Å²) in [6.07, 6.45) is 1.34. The van der Waals surface area contributed by atoms with E-state index >= 15 is 0 Å². The van der Waals surface area contributed by atoms with Gasteiger partial charge in [-0.2, -0.15) is 0 Å². The number of nitrogens with two attached hydrogens (primary N) is 1. The maximum atomic E-state index is 5.75.